The summed E-state index contributed by atoms with van der Waals surface area (Å²) in [6, 6.07) is 10.4. The third kappa shape index (κ3) is 6.09. The lowest BCUT2D eigenvalue weighted by molar-refractivity contribution is -0.0607. The zero-order chi connectivity index (χ0) is 23.1. The molecule has 0 saturated carbocycles. The van der Waals surface area contributed by atoms with Gasteiger partial charge in [0.15, 0.2) is 0 Å². The summed E-state index contributed by atoms with van der Waals surface area (Å²) in [7, 11) is 0. The van der Waals surface area contributed by atoms with E-state index in [1.54, 1.807) is 13.1 Å². The Morgan fingerprint density at radius 3 is 2.70 bits per heavy atom. The maximum atomic E-state index is 9.93. The van der Waals surface area contributed by atoms with Crippen molar-refractivity contribution in [2.24, 2.45) is 0 Å². The topological polar surface area (TPSA) is 70.8 Å². The Hall–Kier alpha value is -2.51. The maximum Gasteiger partial charge on any atom is 0.137 e. The Labute approximate surface area is 196 Å². The third-order valence-electron chi connectivity index (χ3n) is 6.45. The number of nitrogens with zero attached hydrogens (tertiary/aromatic N) is 3. The van der Waals surface area contributed by atoms with E-state index in [4.69, 9.17) is 4.74 Å². The largest absolute Gasteiger partial charge is 0.395 e. The summed E-state index contributed by atoms with van der Waals surface area (Å²) in [6.07, 6.45) is 16.8. The Balaban J connectivity index is 1.48. The van der Waals surface area contributed by atoms with E-state index in [1.807, 2.05) is 16.8 Å². The summed E-state index contributed by atoms with van der Waals surface area (Å²) < 4.78 is 8.70. The van der Waals surface area contributed by atoms with Gasteiger partial charge < -0.3 is 24.4 Å². The number of piperidine rings is 1. The highest BCUT2D eigenvalue weighted by molar-refractivity contribution is 5.75. The van der Waals surface area contributed by atoms with Crippen molar-refractivity contribution in [2.45, 2.75) is 50.5 Å². The van der Waals surface area contributed by atoms with E-state index in [0.717, 1.165) is 38.9 Å². The number of rotatable bonds is 9. The fourth-order valence-electron chi connectivity index (χ4n) is 4.64. The summed E-state index contributed by atoms with van der Waals surface area (Å²) in [5.74, 6) is 0.663. The predicted octanol–water partition coefficient (Wildman–Crippen LogP) is 3.75. The number of imidazole rings is 1. The number of β-amino-alcohol motifs (C(OH)–C–C–N with tert-alkyl or cyclic N) is 1. The van der Waals surface area contributed by atoms with Crippen molar-refractivity contribution < 1.29 is 14.9 Å². The summed E-state index contributed by atoms with van der Waals surface area (Å²) in [5, 5.41) is 19.1. The van der Waals surface area contributed by atoms with Crippen molar-refractivity contribution in [1.29, 1.82) is 0 Å². The third-order valence-corrected chi connectivity index (χ3v) is 6.45. The van der Waals surface area contributed by atoms with Crippen LogP contribution >= 0.6 is 0 Å². The highest BCUT2D eigenvalue weighted by Gasteiger charge is 2.32. The quantitative estimate of drug-likeness (QED) is 0.571. The number of aliphatic hydroxyl groups is 2. The van der Waals surface area contributed by atoms with Gasteiger partial charge >= 0.3 is 0 Å². The molecule has 0 radical (unpaired) electrons. The molecule has 1 aromatic carbocycles. The van der Waals surface area contributed by atoms with E-state index < -0.39 is 11.7 Å². The molecule has 0 amide bonds. The van der Waals surface area contributed by atoms with E-state index >= 15 is 0 Å². The van der Waals surface area contributed by atoms with Crippen LogP contribution in [0.2, 0.25) is 0 Å². The summed E-state index contributed by atoms with van der Waals surface area (Å²) >= 11 is 0. The Bertz CT molecular complexity index is 972. The second-order valence-electron chi connectivity index (χ2n) is 8.92. The molecule has 6 heteroatoms. The normalized spacial score (nSPS) is 23.2. The molecule has 2 aliphatic rings. The molecule has 2 aromatic rings. The number of ether oxygens (including phenoxy) is 1. The lowest BCUT2D eigenvalue weighted by Gasteiger charge is -2.38. The van der Waals surface area contributed by atoms with Crippen LogP contribution in [-0.4, -0.2) is 62.6 Å². The summed E-state index contributed by atoms with van der Waals surface area (Å²) in [4.78, 5) is 6.55. The summed E-state index contributed by atoms with van der Waals surface area (Å²) in [6.45, 7) is 5.20. The molecule has 1 fully saturated rings. The molecule has 0 spiro atoms. The van der Waals surface area contributed by atoms with Gasteiger partial charge in [0, 0.05) is 45.0 Å². The molecule has 33 heavy (non-hydrogen) atoms. The number of aromatic nitrogens is 2. The van der Waals surface area contributed by atoms with E-state index in [2.05, 4.69) is 64.5 Å². The van der Waals surface area contributed by atoms with Crippen molar-refractivity contribution in [3.8, 4) is 0 Å². The van der Waals surface area contributed by atoms with E-state index in [9.17, 15) is 10.2 Å². The second kappa shape index (κ2) is 11.1. The smallest absolute Gasteiger partial charge is 0.137 e. The molecule has 176 valence electrons. The van der Waals surface area contributed by atoms with Crippen LogP contribution in [0.5, 0.6) is 0 Å². The highest BCUT2D eigenvalue weighted by Crippen LogP contribution is 2.33. The summed E-state index contributed by atoms with van der Waals surface area (Å²) in [5.41, 5.74) is 1.93. The SMILES string of the molecule is CC(O)c1nccn1C/C=C/C1(OC2CCN(CCO)CC2)C=CC(c2ccccc2)=CC1. The average Bonchev–Trinajstić information content (AvgIpc) is 3.31. The molecule has 1 aliphatic heterocycles. The maximum absolute atomic E-state index is 9.93. The van der Waals surface area contributed by atoms with Crippen molar-refractivity contribution in [3.05, 3.63) is 84.5 Å². The predicted molar refractivity (Wildman–Crippen MR) is 131 cm³/mol. The van der Waals surface area contributed by atoms with Crippen LogP contribution in [0.25, 0.3) is 5.57 Å². The van der Waals surface area contributed by atoms with Crippen molar-refractivity contribution >= 4 is 5.57 Å². The zero-order valence-corrected chi connectivity index (χ0v) is 19.4. The second-order valence-corrected chi connectivity index (χ2v) is 8.92. The molecule has 1 aromatic heterocycles. The van der Waals surface area contributed by atoms with Crippen LogP contribution in [0, 0.1) is 0 Å². The van der Waals surface area contributed by atoms with Gasteiger partial charge in [0.05, 0.1) is 12.7 Å². The molecular weight excluding hydrogens is 414 g/mol. The Morgan fingerprint density at radius 2 is 2.03 bits per heavy atom. The highest BCUT2D eigenvalue weighted by atomic mass is 16.5. The lowest BCUT2D eigenvalue weighted by Crippen LogP contribution is -2.42. The standard InChI is InChI=1S/C27H35N3O3/c1-22(32)26-28-15-19-30(26)16-5-12-27(33-25-10-17-29(18-11-25)20-21-31)13-8-24(9-14-27)23-6-3-2-4-7-23/h2-9,12-13,15,19,22,25,31-32H,10-11,14,16-18,20-21H2,1H3/b12-5+. The Kier molecular flexibility index (Phi) is 7.93. The first kappa shape index (κ1) is 23.6. The first-order valence-electron chi connectivity index (χ1n) is 11.9. The number of likely N-dealkylation sites (tertiary alicyclic amines) is 1. The van der Waals surface area contributed by atoms with Crippen LogP contribution in [0.4, 0.5) is 0 Å². The van der Waals surface area contributed by atoms with Crippen LogP contribution in [-0.2, 0) is 11.3 Å². The molecule has 2 unspecified atom stereocenters. The number of allylic oxidation sites excluding steroid dienone is 3. The monoisotopic (exact) mass is 449 g/mol. The van der Waals surface area contributed by atoms with Gasteiger partial charge in [-0.3, -0.25) is 0 Å². The van der Waals surface area contributed by atoms with Gasteiger partial charge in [-0.15, -0.1) is 0 Å². The van der Waals surface area contributed by atoms with Crippen LogP contribution in [0.3, 0.4) is 0 Å². The van der Waals surface area contributed by atoms with Crippen LogP contribution in [0.1, 0.15) is 43.7 Å². The molecule has 2 N–H and O–H groups in total. The number of aliphatic hydroxyl groups excluding tert-OH is 2. The van der Waals surface area contributed by atoms with Crippen molar-refractivity contribution in [2.75, 3.05) is 26.2 Å². The average molecular weight is 450 g/mol. The lowest BCUT2D eigenvalue weighted by atomic mass is 9.88. The molecule has 4 rings (SSSR count). The number of hydrogen-bond acceptors (Lipinski definition) is 5. The van der Waals surface area contributed by atoms with Gasteiger partial charge in [0.2, 0.25) is 0 Å². The van der Waals surface area contributed by atoms with Gasteiger partial charge in [-0.2, -0.15) is 0 Å². The molecule has 0 bridgehead atoms. The fourth-order valence-corrected chi connectivity index (χ4v) is 4.64. The molecule has 2 atom stereocenters. The minimum absolute atomic E-state index is 0.183. The minimum Gasteiger partial charge on any atom is -0.395 e. The minimum atomic E-state index is -0.603. The van der Waals surface area contributed by atoms with Gasteiger partial charge in [0.1, 0.15) is 17.5 Å². The molecule has 6 nitrogen and oxygen atoms in total. The zero-order valence-electron chi connectivity index (χ0n) is 19.4. The fraction of sp³-hybridized carbons (Fsp3) is 0.444. The first-order chi connectivity index (χ1) is 16.1. The number of benzene rings is 1. The van der Waals surface area contributed by atoms with Gasteiger partial charge in [-0.1, -0.05) is 54.6 Å². The van der Waals surface area contributed by atoms with Crippen LogP contribution in [0.15, 0.2) is 73.1 Å². The van der Waals surface area contributed by atoms with Gasteiger partial charge in [-0.25, -0.2) is 4.98 Å². The van der Waals surface area contributed by atoms with Crippen molar-refractivity contribution in [1.82, 2.24) is 14.5 Å². The molecular formula is C27H35N3O3. The van der Waals surface area contributed by atoms with E-state index in [-0.39, 0.29) is 12.7 Å². The van der Waals surface area contributed by atoms with Gasteiger partial charge in [0.25, 0.3) is 0 Å². The van der Waals surface area contributed by atoms with Crippen molar-refractivity contribution in [3.63, 3.8) is 0 Å². The van der Waals surface area contributed by atoms with Gasteiger partial charge in [-0.05, 0) is 37.0 Å². The number of hydrogen-bond donors (Lipinski definition) is 2. The van der Waals surface area contributed by atoms with Crippen LogP contribution < -0.4 is 0 Å². The molecule has 1 aliphatic carbocycles. The molecule has 2 heterocycles. The van der Waals surface area contributed by atoms with E-state index in [0.29, 0.717) is 12.4 Å². The van der Waals surface area contributed by atoms with E-state index in [1.165, 1.54) is 11.1 Å². The Morgan fingerprint density at radius 1 is 1.24 bits per heavy atom. The first-order valence-corrected chi connectivity index (χ1v) is 11.9. The molecule has 1 saturated heterocycles.